The molecular formula is C19H12Cl2FNO4S. The van der Waals surface area contributed by atoms with E-state index in [0.29, 0.717) is 10.7 Å². The molecule has 1 aliphatic carbocycles. The lowest BCUT2D eigenvalue weighted by atomic mass is 10.1. The van der Waals surface area contributed by atoms with Gasteiger partial charge in [0.05, 0.1) is 15.5 Å². The Morgan fingerprint density at radius 1 is 1.11 bits per heavy atom. The van der Waals surface area contributed by atoms with Gasteiger partial charge < -0.3 is 10.1 Å². The van der Waals surface area contributed by atoms with Crippen LogP contribution in [0.15, 0.2) is 60.3 Å². The lowest BCUT2D eigenvalue weighted by molar-refractivity contribution is 0.0963. The van der Waals surface area contributed by atoms with Gasteiger partial charge in [-0.1, -0.05) is 29.3 Å². The first-order chi connectivity index (χ1) is 13.3. The quantitative estimate of drug-likeness (QED) is 0.709. The number of halogens is 3. The van der Waals surface area contributed by atoms with Crippen LogP contribution in [0, 0.1) is 5.82 Å². The smallest absolute Gasteiger partial charge is 0.259 e. The van der Waals surface area contributed by atoms with Crippen molar-refractivity contribution in [1.29, 1.82) is 0 Å². The lowest BCUT2D eigenvalue weighted by Gasteiger charge is -2.15. The number of nitrogens with one attached hydrogen (secondary N) is 1. The minimum Gasteiger partial charge on any atom is -0.455 e. The Morgan fingerprint density at radius 3 is 2.57 bits per heavy atom. The van der Waals surface area contributed by atoms with Gasteiger partial charge in [-0.3, -0.25) is 4.79 Å². The number of carbonyl (C=O) groups excluding carboxylic acids is 1. The average Bonchev–Trinajstić information content (AvgIpc) is 2.65. The van der Waals surface area contributed by atoms with Crippen molar-refractivity contribution >= 4 is 44.3 Å². The third-order valence-electron chi connectivity index (χ3n) is 3.73. The van der Waals surface area contributed by atoms with Crippen LogP contribution in [0.3, 0.4) is 0 Å². The molecule has 0 saturated heterocycles. The molecule has 0 unspecified atom stereocenters. The van der Waals surface area contributed by atoms with Crippen molar-refractivity contribution in [3.8, 4) is 11.5 Å². The van der Waals surface area contributed by atoms with E-state index in [-0.39, 0.29) is 33.4 Å². The molecule has 0 bridgehead atoms. The number of ether oxygens (including phenoxy) is 1. The predicted octanol–water partition coefficient (Wildman–Crippen LogP) is 4.55. The van der Waals surface area contributed by atoms with E-state index in [0.717, 1.165) is 6.07 Å². The summed E-state index contributed by atoms with van der Waals surface area (Å²) in [5, 5.41) is 2.98. The first-order valence-corrected chi connectivity index (χ1v) is 9.72. The number of allylic oxidation sites excluding steroid dienone is 4. The number of rotatable bonds is 4. The van der Waals surface area contributed by atoms with Gasteiger partial charge in [0, 0.05) is 17.1 Å². The maximum atomic E-state index is 13.2. The lowest BCUT2D eigenvalue weighted by Crippen LogP contribution is -2.25. The van der Waals surface area contributed by atoms with Crippen molar-refractivity contribution in [2.45, 2.75) is 6.42 Å². The Labute approximate surface area is 171 Å². The predicted molar refractivity (Wildman–Crippen MR) is 106 cm³/mol. The number of hydrogen-bond donors (Lipinski definition) is 1. The second-order valence-corrected chi connectivity index (χ2v) is 7.54. The second-order valence-electron chi connectivity index (χ2n) is 5.70. The first-order valence-electron chi connectivity index (χ1n) is 7.89. The largest absolute Gasteiger partial charge is 0.455 e. The van der Waals surface area contributed by atoms with Crippen LogP contribution in [0.5, 0.6) is 11.5 Å². The number of carbonyl (C=O) groups is 1. The summed E-state index contributed by atoms with van der Waals surface area (Å²) < 4.78 is 41.1. The fraction of sp³-hybridized carbons (Fsp3) is 0.0526. The molecule has 2 aromatic carbocycles. The fourth-order valence-corrected chi connectivity index (χ4v) is 3.28. The van der Waals surface area contributed by atoms with E-state index in [4.69, 9.17) is 27.9 Å². The van der Waals surface area contributed by atoms with E-state index in [2.05, 4.69) is 5.32 Å². The molecule has 2 aromatic rings. The second kappa shape index (κ2) is 8.60. The third-order valence-corrected chi connectivity index (χ3v) is 4.97. The molecule has 0 saturated carbocycles. The monoisotopic (exact) mass is 439 g/mol. The molecule has 1 amide bonds. The normalized spacial score (nSPS) is 13.1. The van der Waals surface area contributed by atoms with Crippen molar-refractivity contribution in [3.05, 3.63) is 81.7 Å². The van der Waals surface area contributed by atoms with Gasteiger partial charge in [0.2, 0.25) is 10.3 Å². The van der Waals surface area contributed by atoms with Gasteiger partial charge in [-0.05, 0) is 48.6 Å². The zero-order valence-electron chi connectivity index (χ0n) is 14.1. The molecule has 0 aliphatic heterocycles. The number of hydrogen-bond acceptors (Lipinski definition) is 4. The topological polar surface area (TPSA) is 72.5 Å². The fourth-order valence-electron chi connectivity index (χ4n) is 2.44. The molecule has 5 nitrogen and oxygen atoms in total. The first kappa shape index (κ1) is 20.1. The molecule has 0 spiro atoms. The van der Waals surface area contributed by atoms with Crippen molar-refractivity contribution in [3.63, 3.8) is 0 Å². The molecule has 3 rings (SSSR count). The zero-order chi connectivity index (χ0) is 20.3. The molecular weight excluding hydrogens is 428 g/mol. The molecule has 1 aliphatic rings. The Bertz CT molecular complexity index is 1150. The van der Waals surface area contributed by atoms with Gasteiger partial charge in [-0.25, -0.2) is 4.39 Å². The van der Waals surface area contributed by atoms with Crippen LogP contribution in [-0.4, -0.2) is 19.2 Å². The van der Waals surface area contributed by atoms with E-state index in [1.165, 1.54) is 42.5 Å². The molecule has 9 heteroatoms. The molecule has 0 fully saturated rings. The summed E-state index contributed by atoms with van der Waals surface area (Å²) in [6.07, 6.45) is 4.62. The highest BCUT2D eigenvalue weighted by Gasteiger charge is 2.18. The van der Waals surface area contributed by atoms with Gasteiger partial charge in [-0.2, -0.15) is 8.42 Å². The third kappa shape index (κ3) is 4.81. The number of benzene rings is 2. The summed E-state index contributed by atoms with van der Waals surface area (Å²) in [5.74, 6) is -0.754. The van der Waals surface area contributed by atoms with E-state index in [1.807, 2.05) is 0 Å². The van der Waals surface area contributed by atoms with Gasteiger partial charge >= 0.3 is 0 Å². The van der Waals surface area contributed by atoms with Gasteiger partial charge in [0.15, 0.2) is 0 Å². The SMILES string of the molecule is O=C(NC1=CC=CC(=S(=O)=O)C1)c1cc(Cl)ccc1Oc1ccc(F)cc1Cl. The Balaban J connectivity index is 1.88. The van der Waals surface area contributed by atoms with Crippen LogP contribution in [0.1, 0.15) is 16.8 Å². The van der Waals surface area contributed by atoms with Crippen LogP contribution >= 0.6 is 23.2 Å². The van der Waals surface area contributed by atoms with Gasteiger partial charge in [-0.15, -0.1) is 0 Å². The van der Waals surface area contributed by atoms with Crippen molar-refractivity contribution in [1.82, 2.24) is 5.32 Å². The van der Waals surface area contributed by atoms with Crippen LogP contribution in [0.4, 0.5) is 4.39 Å². The van der Waals surface area contributed by atoms with Gasteiger partial charge in [0.25, 0.3) is 5.91 Å². The standard InChI is InChI=1S/C19H12Cl2FNO4S/c20-11-4-6-17(27-18-7-5-12(22)9-16(18)21)15(8-11)19(24)23-13-2-1-3-14(10-13)28(25)26/h1-9H,10H2,(H,23,24). The Kier molecular flexibility index (Phi) is 6.18. The molecule has 28 heavy (non-hydrogen) atoms. The summed E-state index contributed by atoms with van der Waals surface area (Å²) in [6, 6.07) is 8.02. The average molecular weight is 440 g/mol. The molecule has 0 aromatic heterocycles. The van der Waals surface area contributed by atoms with E-state index in [1.54, 1.807) is 6.08 Å². The van der Waals surface area contributed by atoms with Crippen molar-refractivity contribution in [2.24, 2.45) is 0 Å². The van der Waals surface area contributed by atoms with Crippen LogP contribution in [-0.2, 0) is 10.3 Å². The minimum absolute atomic E-state index is 0.0404. The maximum absolute atomic E-state index is 13.2. The highest BCUT2D eigenvalue weighted by Crippen LogP contribution is 2.33. The summed E-state index contributed by atoms with van der Waals surface area (Å²) in [6.45, 7) is 0. The molecule has 0 heterocycles. The highest BCUT2D eigenvalue weighted by atomic mass is 35.5. The summed E-state index contributed by atoms with van der Waals surface area (Å²) in [5.41, 5.74) is 0.505. The summed E-state index contributed by atoms with van der Waals surface area (Å²) >= 11 is 12.0. The Morgan fingerprint density at radius 2 is 1.86 bits per heavy atom. The molecule has 0 atom stereocenters. The molecule has 0 radical (unpaired) electrons. The van der Waals surface area contributed by atoms with E-state index >= 15 is 0 Å². The van der Waals surface area contributed by atoms with Gasteiger partial charge in [0.1, 0.15) is 17.3 Å². The van der Waals surface area contributed by atoms with Crippen LogP contribution < -0.4 is 10.1 Å². The maximum Gasteiger partial charge on any atom is 0.259 e. The van der Waals surface area contributed by atoms with Crippen LogP contribution in [0.25, 0.3) is 0 Å². The molecule has 1 N–H and O–H groups in total. The van der Waals surface area contributed by atoms with E-state index < -0.39 is 22.0 Å². The van der Waals surface area contributed by atoms with Crippen LogP contribution in [0.2, 0.25) is 10.0 Å². The van der Waals surface area contributed by atoms with Crippen molar-refractivity contribution in [2.75, 3.05) is 0 Å². The molecule has 144 valence electrons. The van der Waals surface area contributed by atoms with Crippen molar-refractivity contribution < 1.29 is 22.3 Å². The zero-order valence-corrected chi connectivity index (χ0v) is 16.4. The summed E-state index contributed by atoms with van der Waals surface area (Å²) in [7, 11) is -2.37. The Hall–Kier alpha value is -2.61. The highest BCUT2D eigenvalue weighted by molar-refractivity contribution is 7.73. The summed E-state index contributed by atoms with van der Waals surface area (Å²) in [4.78, 5) is 12.9. The minimum atomic E-state index is -2.37. The number of amides is 1. The van der Waals surface area contributed by atoms with E-state index in [9.17, 15) is 17.6 Å².